The molecule has 0 aromatic carbocycles. The maximum atomic E-state index is 12.2. The van der Waals surface area contributed by atoms with Crippen LogP contribution in [-0.2, 0) is 6.54 Å². The molecule has 24 heavy (non-hydrogen) atoms. The van der Waals surface area contributed by atoms with Crippen molar-refractivity contribution in [3.05, 3.63) is 46.0 Å². The molecule has 1 aliphatic carbocycles. The lowest BCUT2D eigenvalue weighted by Gasteiger charge is -2.26. The molecule has 4 rings (SSSR count). The molecular formula is C17H18N6O. The molecule has 7 nitrogen and oxygen atoms in total. The van der Waals surface area contributed by atoms with E-state index in [-0.39, 0.29) is 11.6 Å². The monoisotopic (exact) mass is 322 g/mol. The second kappa shape index (κ2) is 6.04. The zero-order valence-corrected chi connectivity index (χ0v) is 13.3. The summed E-state index contributed by atoms with van der Waals surface area (Å²) < 4.78 is 1.57. The molecule has 0 bridgehead atoms. The summed E-state index contributed by atoms with van der Waals surface area (Å²) in [5.74, 6) is 1.12. The van der Waals surface area contributed by atoms with Gasteiger partial charge in [0.05, 0.1) is 30.0 Å². The zero-order valence-electron chi connectivity index (χ0n) is 13.3. The quantitative estimate of drug-likeness (QED) is 0.846. The van der Waals surface area contributed by atoms with Crippen molar-refractivity contribution in [2.45, 2.75) is 44.2 Å². The largest absolute Gasteiger partial charge is 0.349 e. The first-order valence-electron chi connectivity index (χ1n) is 8.33. The van der Waals surface area contributed by atoms with Crippen molar-refractivity contribution in [1.29, 1.82) is 5.26 Å². The molecular weight excluding hydrogens is 304 g/mol. The molecule has 0 N–H and O–H groups in total. The fraction of sp³-hybridized carbons (Fsp3) is 0.471. The average molecular weight is 322 g/mol. The number of nitrogens with zero attached hydrogens (tertiary/aromatic N) is 6. The van der Waals surface area contributed by atoms with Gasteiger partial charge in [0.25, 0.3) is 5.56 Å². The lowest BCUT2D eigenvalue weighted by molar-refractivity contribution is 0.480. The predicted molar refractivity (Wildman–Crippen MR) is 87.6 cm³/mol. The van der Waals surface area contributed by atoms with Gasteiger partial charge in [-0.05, 0) is 37.8 Å². The van der Waals surface area contributed by atoms with Crippen LogP contribution in [0.25, 0.3) is 0 Å². The normalized spacial score (nSPS) is 20.1. The van der Waals surface area contributed by atoms with E-state index >= 15 is 0 Å². The van der Waals surface area contributed by atoms with E-state index in [1.165, 1.54) is 6.20 Å². The highest BCUT2D eigenvalue weighted by Gasteiger charge is 2.30. The SMILES string of the molecule is N#Cc1ccnnc1N1CCCC1Cn1nc(C2CC2)ccc1=O. The van der Waals surface area contributed by atoms with Crippen LogP contribution >= 0.6 is 0 Å². The van der Waals surface area contributed by atoms with Crippen LogP contribution in [0.3, 0.4) is 0 Å². The Morgan fingerprint density at radius 2 is 2.12 bits per heavy atom. The Hall–Kier alpha value is -2.75. The van der Waals surface area contributed by atoms with Gasteiger partial charge in [-0.25, -0.2) is 4.68 Å². The molecule has 1 saturated carbocycles. The minimum atomic E-state index is -0.0779. The number of aromatic nitrogens is 4. The summed E-state index contributed by atoms with van der Waals surface area (Å²) in [5.41, 5.74) is 1.45. The summed E-state index contributed by atoms with van der Waals surface area (Å²) in [6, 6.07) is 7.41. The number of rotatable bonds is 4. The number of hydrogen-bond donors (Lipinski definition) is 0. The van der Waals surface area contributed by atoms with E-state index in [0.717, 1.165) is 37.9 Å². The maximum Gasteiger partial charge on any atom is 0.266 e. The van der Waals surface area contributed by atoms with E-state index in [0.29, 0.717) is 23.8 Å². The van der Waals surface area contributed by atoms with E-state index in [1.54, 1.807) is 16.8 Å². The van der Waals surface area contributed by atoms with Crippen molar-refractivity contribution < 1.29 is 0 Å². The molecule has 1 unspecified atom stereocenters. The molecule has 2 aromatic rings. The fourth-order valence-corrected chi connectivity index (χ4v) is 3.32. The molecule has 1 saturated heterocycles. The van der Waals surface area contributed by atoms with Gasteiger partial charge in [0.15, 0.2) is 5.82 Å². The molecule has 0 amide bonds. The van der Waals surface area contributed by atoms with E-state index < -0.39 is 0 Å². The fourth-order valence-electron chi connectivity index (χ4n) is 3.32. The van der Waals surface area contributed by atoms with Crippen LogP contribution in [0, 0.1) is 11.3 Å². The smallest absolute Gasteiger partial charge is 0.266 e. The summed E-state index contributed by atoms with van der Waals surface area (Å²) in [4.78, 5) is 14.3. The van der Waals surface area contributed by atoms with Gasteiger partial charge in [0.1, 0.15) is 6.07 Å². The topological polar surface area (TPSA) is 87.7 Å². The third-order valence-electron chi connectivity index (χ3n) is 4.74. The minimum Gasteiger partial charge on any atom is -0.349 e. The summed E-state index contributed by atoms with van der Waals surface area (Å²) in [6.45, 7) is 1.33. The van der Waals surface area contributed by atoms with Gasteiger partial charge in [-0.3, -0.25) is 4.79 Å². The summed E-state index contributed by atoms with van der Waals surface area (Å²) >= 11 is 0. The Balaban J connectivity index is 1.61. The first-order valence-corrected chi connectivity index (χ1v) is 8.33. The van der Waals surface area contributed by atoms with Crippen LogP contribution in [0.2, 0.25) is 0 Å². The van der Waals surface area contributed by atoms with Crippen LogP contribution in [0.1, 0.15) is 42.9 Å². The first kappa shape index (κ1) is 14.8. The Kier molecular flexibility index (Phi) is 3.73. The van der Waals surface area contributed by atoms with Gasteiger partial charge in [0.2, 0.25) is 0 Å². The molecule has 2 aliphatic rings. The Morgan fingerprint density at radius 3 is 2.92 bits per heavy atom. The number of nitriles is 1. The third-order valence-corrected chi connectivity index (χ3v) is 4.74. The van der Waals surface area contributed by atoms with Crippen LogP contribution in [-0.4, -0.2) is 32.6 Å². The third kappa shape index (κ3) is 2.75. The van der Waals surface area contributed by atoms with E-state index in [9.17, 15) is 10.1 Å². The number of hydrogen-bond acceptors (Lipinski definition) is 6. The highest BCUT2D eigenvalue weighted by atomic mass is 16.1. The molecule has 7 heteroatoms. The molecule has 122 valence electrons. The van der Waals surface area contributed by atoms with Gasteiger partial charge in [-0.1, -0.05) is 0 Å². The summed E-state index contributed by atoms with van der Waals surface area (Å²) in [6.07, 6.45) is 5.79. The summed E-state index contributed by atoms with van der Waals surface area (Å²) in [5, 5.41) is 21.9. The predicted octanol–water partition coefficient (Wildman–Crippen LogP) is 1.45. The van der Waals surface area contributed by atoms with Crippen molar-refractivity contribution in [3.8, 4) is 6.07 Å². The van der Waals surface area contributed by atoms with Crippen molar-refractivity contribution >= 4 is 5.82 Å². The van der Waals surface area contributed by atoms with Crippen molar-refractivity contribution in [3.63, 3.8) is 0 Å². The van der Waals surface area contributed by atoms with Crippen LogP contribution in [0.4, 0.5) is 5.82 Å². The van der Waals surface area contributed by atoms with Gasteiger partial charge < -0.3 is 4.90 Å². The van der Waals surface area contributed by atoms with Gasteiger partial charge in [-0.2, -0.15) is 15.5 Å². The number of anilines is 1. The van der Waals surface area contributed by atoms with Crippen molar-refractivity contribution in [2.24, 2.45) is 0 Å². The highest BCUT2D eigenvalue weighted by Crippen LogP contribution is 2.38. The standard InChI is InChI=1S/C17H18N6O/c18-10-13-7-8-19-20-17(13)22-9-1-2-14(22)11-23-16(24)6-5-15(21-23)12-3-4-12/h5-8,12,14H,1-4,9,11H2. The first-order chi connectivity index (χ1) is 11.8. The highest BCUT2D eigenvalue weighted by molar-refractivity contribution is 5.53. The lowest BCUT2D eigenvalue weighted by atomic mass is 10.2. The second-order valence-corrected chi connectivity index (χ2v) is 6.42. The lowest BCUT2D eigenvalue weighted by Crippen LogP contribution is -2.38. The molecule has 3 heterocycles. The van der Waals surface area contributed by atoms with Gasteiger partial charge in [-0.15, -0.1) is 5.10 Å². The Bertz CT molecular complexity index is 851. The van der Waals surface area contributed by atoms with E-state index in [4.69, 9.17) is 0 Å². The Labute approximate surface area is 139 Å². The molecule has 0 spiro atoms. The summed E-state index contributed by atoms with van der Waals surface area (Å²) in [7, 11) is 0. The zero-order chi connectivity index (χ0) is 16.5. The van der Waals surface area contributed by atoms with E-state index in [1.807, 2.05) is 6.07 Å². The maximum absolute atomic E-state index is 12.2. The van der Waals surface area contributed by atoms with Gasteiger partial charge in [0, 0.05) is 18.5 Å². The minimum absolute atomic E-state index is 0.0779. The molecule has 2 fully saturated rings. The molecule has 1 atom stereocenters. The molecule has 2 aromatic heterocycles. The van der Waals surface area contributed by atoms with Crippen LogP contribution < -0.4 is 10.5 Å². The van der Waals surface area contributed by atoms with E-state index in [2.05, 4.69) is 26.3 Å². The Morgan fingerprint density at radius 1 is 1.25 bits per heavy atom. The van der Waals surface area contributed by atoms with Crippen LogP contribution in [0.15, 0.2) is 29.2 Å². The van der Waals surface area contributed by atoms with Crippen LogP contribution in [0.5, 0.6) is 0 Å². The second-order valence-electron chi connectivity index (χ2n) is 6.42. The molecule has 0 radical (unpaired) electrons. The average Bonchev–Trinajstić information content (AvgIpc) is 3.36. The molecule has 1 aliphatic heterocycles. The van der Waals surface area contributed by atoms with Crippen molar-refractivity contribution in [2.75, 3.05) is 11.4 Å². The van der Waals surface area contributed by atoms with Gasteiger partial charge >= 0.3 is 0 Å². The van der Waals surface area contributed by atoms with Crippen molar-refractivity contribution in [1.82, 2.24) is 20.0 Å².